The van der Waals surface area contributed by atoms with Crippen LogP contribution in [0.25, 0.3) is 0 Å². The van der Waals surface area contributed by atoms with Crippen LogP contribution in [0, 0.1) is 6.92 Å². The zero-order valence-electron chi connectivity index (χ0n) is 24.6. The number of sulfonamides is 1. The molecule has 0 bridgehead atoms. The Morgan fingerprint density at radius 3 is 2.20 bits per heavy atom. The monoisotopic (exact) mass is 695 g/mol. The van der Waals surface area contributed by atoms with Gasteiger partial charge in [-0.1, -0.05) is 89.1 Å². The molecule has 4 aromatic carbocycles. The maximum absolute atomic E-state index is 14.4. The first-order chi connectivity index (χ1) is 21.1. The fraction of sp³-hybridized carbons (Fsp3) is 0.235. The molecule has 230 valence electrons. The predicted molar refractivity (Wildman–Crippen MR) is 179 cm³/mol. The molecular weight excluding hydrogens is 662 g/mol. The highest BCUT2D eigenvalue weighted by atomic mass is 79.9. The average Bonchev–Trinajstić information content (AvgIpc) is 3.01. The van der Waals surface area contributed by atoms with Gasteiger partial charge in [-0.2, -0.15) is 0 Å². The largest absolute Gasteiger partial charge is 0.354 e. The Morgan fingerprint density at radius 2 is 1.57 bits per heavy atom. The van der Waals surface area contributed by atoms with E-state index in [2.05, 4.69) is 21.2 Å². The smallest absolute Gasteiger partial charge is 0.264 e. The molecule has 0 fully saturated rings. The highest BCUT2D eigenvalue weighted by molar-refractivity contribution is 9.10. The van der Waals surface area contributed by atoms with Crippen molar-refractivity contribution < 1.29 is 18.0 Å². The number of hydrogen-bond donors (Lipinski definition) is 1. The molecule has 0 saturated heterocycles. The molecule has 44 heavy (non-hydrogen) atoms. The van der Waals surface area contributed by atoms with Crippen LogP contribution < -0.4 is 9.62 Å². The van der Waals surface area contributed by atoms with Crippen LogP contribution in [0.1, 0.15) is 30.0 Å². The maximum atomic E-state index is 14.4. The van der Waals surface area contributed by atoms with E-state index in [0.717, 1.165) is 31.9 Å². The molecule has 2 amide bonds. The van der Waals surface area contributed by atoms with Crippen LogP contribution in [-0.4, -0.2) is 44.3 Å². The second kappa shape index (κ2) is 15.4. The van der Waals surface area contributed by atoms with Crippen molar-refractivity contribution in [3.05, 3.63) is 129 Å². The maximum Gasteiger partial charge on any atom is 0.264 e. The number of anilines is 1. The minimum atomic E-state index is -4.19. The van der Waals surface area contributed by atoms with Gasteiger partial charge in [0, 0.05) is 29.0 Å². The van der Waals surface area contributed by atoms with Gasteiger partial charge < -0.3 is 10.2 Å². The van der Waals surface area contributed by atoms with Gasteiger partial charge in [-0.3, -0.25) is 13.9 Å². The SMILES string of the molecule is CCCNC(=O)[C@@H](Cc1ccccc1)N(Cc1ccc(Br)cc1)C(=O)CN(c1cccc(C)c1)S(=O)(=O)c1ccc(Cl)cc1. The number of hydrogen-bond acceptors (Lipinski definition) is 4. The van der Waals surface area contributed by atoms with Crippen LogP contribution >= 0.6 is 27.5 Å². The van der Waals surface area contributed by atoms with Gasteiger partial charge in [0.15, 0.2) is 0 Å². The van der Waals surface area contributed by atoms with Gasteiger partial charge in [0.25, 0.3) is 10.0 Å². The van der Waals surface area contributed by atoms with Gasteiger partial charge in [-0.25, -0.2) is 8.42 Å². The van der Waals surface area contributed by atoms with E-state index >= 15 is 0 Å². The van der Waals surface area contributed by atoms with Crippen molar-refractivity contribution in [3.63, 3.8) is 0 Å². The second-order valence-corrected chi connectivity index (χ2v) is 13.7. The molecule has 0 spiro atoms. The van der Waals surface area contributed by atoms with Gasteiger partial charge in [0.1, 0.15) is 12.6 Å². The summed E-state index contributed by atoms with van der Waals surface area (Å²) in [7, 11) is -4.19. The number of nitrogens with zero attached hydrogens (tertiary/aromatic N) is 2. The number of amides is 2. The van der Waals surface area contributed by atoms with Gasteiger partial charge in [-0.05, 0) is 78.6 Å². The highest BCUT2D eigenvalue weighted by Crippen LogP contribution is 2.27. The normalized spacial score (nSPS) is 11.9. The number of rotatable bonds is 13. The second-order valence-electron chi connectivity index (χ2n) is 10.4. The molecule has 0 saturated carbocycles. The van der Waals surface area contributed by atoms with Gasteiger partial charge in [0.05, 0.1) is 10.6 Å². The fourth-order valence-corrected chi connectivity index (χ4v) is 6.55. The lowest BCUT2D eigenvalue weighted by atomic mass is 10.0. The van der Waals surface area contributed by atoms with Gasteiger partial charge in [0.2, 0.25) is 11.8 Å². The highest BCUT2D eigenvalue weighted by Gasteiger charge is 2.34. The van der Waals surface area contributed by atoms with Gasteiger partial charge in [-0.15, -0.1) is 0 Å². The predicted octanol–water partition coefficient (Wildman–Crippen LogP) is 6.77. The summed E-state index contributed by atoms with van der Waals surface area (Å²) in [5.41, 5.74) is 2.85. The number of carbonyl (C=O) groups excluding carboxylic acids is 2. The van der Waals surface area contributed by atoms with E-state index in [4.69, 9.17) is 11.6 Å². The summed E-state index contributed by atoms with van der Waals surface area (Å²) < 4.78 is 30.1. The summed E-state index contributed by atoms with van der Waals surface area (Å²) >= 11 is 9.50. The summed E-state index contributed by atoms with van der Waals surface area (Å²) in [6, 6.07) is 28.9. The van der Waals surface area contributed by atoms with E-state index in [-0.39, 0.29) is 23.8 Å². The van der Waals surface area contributed by atoms with Crippen LogP contribution in [-0.2, 0) is 32.6 Å². The third-order valence-electron chi connectivity index (χ3n) is 7.06. The van der Waals surface area contributed by atoms with Crippen molar-refractivity contribution in [2.75, 3.05) is 17.4 Å². The molecule has 1 N–H and O–H groups in total. The lowest BCUT2D eigenvalue weighted by Crippen LogP contribution is -2.53. The molecular formula is C34H35BrClN3O4S. The third-order valence-corrected chi connectivity index (χ3v) is 9.63. The number of halogens is 2. The van der Waals surface area contributed by atoms with Crippen LogP contribution in [0.15, 0.2) is 112 Å². The zero-order valence-corrected chi connectivity index (χ0v) is 27.8. The molecule has 10 heteroatoms. The summed E-state index contributed by atoms with van der Waals surface area (Å²) in [6.07, 6.45) is 0.984. The third kappa shape index (κ3) is 8.71. The lowest BCUT2D eigenvalue weighted by molar-refractivity contribution is -0.140. The lowest BCUT2D eigenvalue weighted by Gasteiger charge is -2.34. The number of aryl methyl sites for hydroxylation is 1. The van der Waals surface area contributed by atoms with Crippen LogP contribution in [0.3, 0.4) is 0 Å². The van der Waals surface area contributed by atoms with Crippen molar-refractivity contribution in [2.45, 2.75) is 44.2 Å². The number of carbonyl (C=O) groups is 2. The minimum absolute atomic E-state index is 0.00260. The minimum Gasteiger partial charge on any atom is -0.354 e. The quantitative estimate of drug-likeness (QED) is 0.167. The Morgan fingerprint density at radius 1 is 0.886 bits per heavy atom. The first-order valence-electron chi connectivity index (χ1n) is 14.3. The molecule has 7 nitrogen and oxygen atoms in total. The molecule has 0 heterocycles. The molecule has 4 aromatic rings. The van der Waals surface area contributed by atoms with Crippen LogP contribution in [0.4, 0.5) is 5.69 Å². The summed E-state index contributed by atoms with van der Waals surface area (Å²) in [6.45, 7) is 3.85. The summed E-state index contributed by atoms with van der Waals surface area (Å²) in [5, 5.41) is 3.35. The average molecular weight is 697 g/mol. The summed E-state index contributed by atoms with van der Waals surface area (Å²) in [5.74, 6) is -0.816. The molecule has 0 aliphatic carbocycles. The zero-order chi connectivity index (χ0) is 31.7. The Bertz CT molecular complexity index is 1670. The summed E-state index contributed by atoms with van der Waals surface area (Å²) in [4.78, 5) is 29.6. The molecule has 0 aliphatic rings. The molecule has 0 aliphatic heterocycles. The topological polar surface area (TPSA) is 86.8 Å². The van der Waals surface area contributed by atoms with Crippen LogP contribution in [0.2, 0.25) is 5.02 Å². The first-order valence-corrected chi connectivity index (χ1v) is 16.9. The number of benzene rings is 4. The van der Waals surface area contributed by atoms with Crippen molar-refractivity contribution in [2.24, 2.45) is 0 Å². The standard InChI is InChI=1S/C34H35BrClN3O4S/c1-3-20-37-34(41)32(22-26-9-5-4-6-10-26)38(23-27-12-14-28(35)15-13-27)33(40)24-39(30-11-7-8-25(2)21-30)44(42,43)31-18-16-29(36)17-19-31/h4-19,21,32H,3,20,22-24H2,1-2H3,(H,37,41)/t32-/m1/s1. The Hall–Kier alpha value is -3.66. The van der Waals surface area contributed by atoms with Crippen molar-refractivity contribution in [3.8, 4) is 0 Å². The molecule has 4 rings (SSSR count). The number of nitrogens with one attached hydrogen (secondary N) is 1. The van der Waals surface area contributed by atoms with E-state index in [9.17, 15) is 18.0 Å². The van der Waals surface area contributed by atoms with E-state index in [1.165, 1.54) is 29.2 Å². The van der Waals surface area contributed by atoms with Gasteiger partial charge >= 0.3 is 0 Å². The Balaban J connectivity index is 1.79. The Labute approximate surface area is 273 Å². The van der Waals surface area contributed by atoms with E-state index in [0.29, 0.717) is 17.3 Å². The van der Waals surface area contributed by atoms with E-state index in [1.807, 2.05) is 74.5 Å². The van der Waals surface area contributed by atoms with Crippen molar-refractivity contribution >= 4 is 55.1 Å². The fourth-order valence-electron chi connectivity index (χ4n) is 4.75. The van der Waals surface area contributed by atoms with Crippen molar-refractivity contribution in [1.82, 2.24) is 10.2 Å². The van der Waals surface area contributed by atoms with Crippen LogP contribution in [0.5, 0.6) is 0 Å². The van der Waals surface area contributed by atoms with Crippen molar-refractivity contribution in [1.29, 1.82) is 0 Å². The molecule has 0 unspecified atom stereocenters. The molecule has 0 aromatic heterocycles. The molecule has 0 radical (unpaired) electrons. The van der Waals surface area contributed by atoms with E-state index in [1.54, 1.807) is 18.2 Å². The van der Waals surface area contributed by atoms with E-state index < -0.39 is 28.5 Å². The molecule has 1 atom stereocenters. The first kappa shape index (κ1) is 33.2. The Kier molecular flexibility index (Phi) is 11.6.